The van der Waals surface area contributed by atoms with Gasteiger partial charge in [-0.2, -0.15) is 0 Å². The Morgan fingerprint density at radius 3 is 2.17 bits per heavy atom. The number of carbonyl (C=O) groups is 3. The molecule has 6 heteroatoms. The first-order valence-electron chi connectivity index (χ1n) is 9.57. The van der Waals surface area contributed by atoms with E-state index in [1.165, 1.54) is 14.0 Å². The molecule has 154 valence electrons. The van der Waals surface area contributed by atoms with Gasteiger partial charge in [0.05, 0.1) is 12.8 Å². The van der Waals surface area contributed by atoms with E-state index in [2.05, 4.69) is 10.6 Å². The van der Waals surface area contributed by atoms with Crippen LogP contribution in [0, 0.1) is 20.8 Å². The summed E-state index contributed by atoms with van der Waals surface area (Å²) in [5.41, 5.74) is 4.86. The molecule has 6 nitrogen and oxygen atoms in total. The quantitative estimate of drug-likeness (QED) is 0.640. The van der Waals surface area contributed by atoms with Crippen LogP contribution in [0.5, 0.6) is 5.75 Å². The summed E-state index contributed by atoms with van der Waals surface area (Å²) in [6.45, 7) is 7.30. The fraction of sp³-hybridized carbons (Fsp3) is 0.348. The first-order chi connectivity index (χ1) is 13.7. The Labute approximate surface area is 171 Å². The molecule has 2 N–H and O–H groups in total. The SMILES string of the molecule is COc1ccc(NC(C)=O)cc1NC(=O)CCCC(=O)c1c(C)cc(C)cc1C. The predicted octanol–water partition coefficient (Wildman–Crippen LogP) is 4.57. The largest absolute Gasteiger partial charge is 0.495 e. The summed E-state index contributed by atoms with van der Waals surface area (Å²) in [6, 6.07) is 9.01. The highest BCUT2D eigenvalue weighted by Crippen LogP contribution is 2.28. The van der Waals surface area contributed by atoms with Crippen molar-refractivity contribution >= 4 is 29.0 Å². The highest BCUT2D eigenvalue weighted by molar-refractivity contribution is 5.99. The fourth-order valence-corrected chi connectivity index (χ4v) is 3.45. The Balaban J connectivity index is 1.97. The van der Waals surface area contributed by atoms with Gasteiger partial charge in [-0.15, -0.1) is 0 Å². The normalized spacial score (nSPS) is 10.4. The van der Waals surface area contributed by atoms with Crippen molar-refractivity contribution in [1.29, 1.82) is 0 Å². The third-order valence-electron chi connectivity index (χ3n) is 4.56. The van der Waals surface area contributed by atoms with Crippen LogP contribution < -0.4 is 15.4 Å². The molecule has 0 heterocycles. The summed E-state index contributed by atoms with van der Waals surface area (Å²) in [6.07, 6.45) is 0.968. The molecule has 2 amide bonds. The van der Waals surface area contributed by atoms with Crippen molar-refractivity contribution in [3.05, 3.63) is 52.6 Å². The maximum absolute atomic E-state index is 12.6. The van der Waals surface area contributed by atoms with Gasteiger partial charge in [0.25, 0.3) is 0 Å². The summed E-state index contributed by atoms with van der Waals surface area (Å²) < 4.78 is 5.26. The molecule has 0 bridgehead atoms. The van der Waals surface area contributed by atoms with Crippen LogP contribution in [0.25, 0.3) is 0 Å². The van der Waals surface area contributed by atoms with E-state index >= 15 is 0 Å². The number of carbonyl (C=O) groups excluding carboxylic acids is 3. The Hall–Kier alpha value is -3.15. The number of amides is 2. The number of aryl methyl sites for hydroxylation is 3. The number of ketones is 1. The molecule has 2 rings (SSSR count). The molecule has 2 aromatic rings. The van der Waals surface area contributed by atoms with Gasteiger partial charge in [-0.25, -0.2) is 0 Å². The van der Waals surface area contributed by atoms with Crippen LogP contribution in [0.1, 0.15) is 53.2 Å². The second-order valence-corrected chi connectivity index (χ2v) is 7.19. The smallest absolute Gasteiger partial charge is 0.224 e. The Morgan fingerprint density at radius 1 is 0.931 bits per heavy atom. The van der Waals surface area contributed by atoms with Crippen molar-refractivity contribution < 1.29 is 19.1 Å². The maximum Gasteiger partial charge on any atom is 0.224 e. The van der Waals surface area contributed by atoms with Gasteiger partial charge < -0.3 is 15.4 Å². The minimum absolute atomic E-state index is 0.0537. The summed E-state index contributed by atoms with van der Waals surface area (Å²) in [5, 5.41) is 5.46. The highest BCUT2D eigenvalue weighted by Gasteiger charge is 2.14. The Bertz CT molecular complexity index is 911. The molecule has 0 aliphatic heterocycles. The molecule has 0 unspecified atom stereocenters. The van der Waals surface area contributed by atoms with Gasteiger partial charge in [0.2, 0.25) is 11.8 Å². The number of hydrogen-bond donors (Lipinski definition) is 2. The van der Waals surface area contributed by atoms with Gasteiger partial charge >= 0.3 is 0 Å². The van der Waals surface area contributed by atoms with E-state index < -0.39 is 0 Å². The first kappa shape index (κ1) is 22.1. The molecule has 0 fully saturated rings. The summed E-state index contributed by atoms with van der Waals surface area (Å²) >= 11 is 0. The summed E-state index contributed by atoms with van der Waals surface area (Å²) in [7, 11) is 1.51. The lowest BCUT2D eigenvalue weighted by atomic mass is 9.94. The van der Waals surface area contributed by atoms with E-state index in [0.717, 1.165) is 22.3 Å². The number of nitrogens with one attached hydrogen (secondary N) is 2. The molecule has 29 heavy (non-hydrogen) atoms. The second-order valence-electron chi connectivity index (χ2n) is 7.19. The number of benzene rings is 2. The number of ether oxygens (including phenoxy) is 1. The van der Waals surface area contributed by atoms with Crippen LogP contribution in [0.3, 0.4) is 0 Å². The van der Waals surface area contributed by atoms with E-state index in [0.29, 0.717) is 30.0 Å². The van der Waals surface area contributed by atoms with Crippen LogP contribution >= 0.6 is 0 Å². The van der Waals surface area contributed by atoms with Crippen molar-refractivity contribution in [1.82, 2.24) is 0 Å². The van der Waals surface area contributed by atoms with Crippen LogP contribution in [0.2, 0.25) is 0 Å². The molecule has 0 saturated heterocycles. The van der Waals surface area contributed by atoms with E-state index in [1.54, 1.807) is 18.2 Å². The molecule has 0 aliphatic rings. The second kappa shape index (κ2) is 9.87. The van der Waals surface area contributed by atoms with Gasteiger partial charge in [-0.3, -0.25) is 14.4 Å². The topological polar surface area (TPSA) is 84.5 Å². The lowest BCUT2D eigenvalue weighted by molar-refractivity contribution is -0.116. The monoisotopic (exact) mass is 396 g/mol. The van der Waals surface area contributed by atoms with Gasteiger partial charge in [0.1, 0.15) is 5.75 Å². The van der Waals surface area contributed by atoms with Gasteiger partial charge in [-0.05, 0) is 56.5 Å². The number of Topliss-reactive ketones (excluding diaryl/α,β-unsaturated/α-hetero) is 1. The lowest BCUT2D eigenvalue weighted by Gasteiger charge is -2.13. The summed E-state index contributed by atoms with van der Waals surface area (Å²) in [5.74, 6) is 0.133. The van der Waals surface area contributed by atoms with Crippen molar-refractivity contribution in [3.8, 4) is 5.75 Å². The van der Waals surface area contributed by atoms with Crippen molar-refractivity contribution in [2.24, 2.45) is 0 Å². The molecular weight excluding hydrogens is 368 g/mol. The predicted molar refractivity (Wildman–Crippen MR) is 115 cm³/mol. The van der Waals surface area contributed by atoms with Crippen LogP contribution in [0.4, 0.5) is 11.4 Å². The van der Waals surface area contributed by atoms with Gasteiger partial charge in [0.15, 0.2) is 5.78 Å². The van der Waals surface area contributed by atoms with E-state index in [9.17, 15) is 14.4 Å². The average molecular weight is 396 g/mol. The van der Waals surface area contributed by atoms with Crippen molar-refractivity contribution in [2.45, 2.75) is 47.0 Å². The van der Waals surface area contributed by atoms with Crippen LogP contribution in [0.15, 0.2) is 30.3 Å². The third-order valence-corrected chi connectivity index (χ3v) is 4.56. The number of anilines is 2. The lowest BCUT2D eigenvalue weighted by Crippen LogP contribution is -2.14. The molecule has 0 aliphatic carbocycles. The van der Waals surface area contributed by atoms with E-state index in [4.69, 9.17) is 4.74 Å². The number of rotatable bonds is 8. The minimum atomic E-state index is -0.214. The molecule has 0 saturated carbocycles. The molecule has 0 aromatic heterocycles. The first-order valence-corrected chi connectivity index (χ1v) is 9.57. The van der Waals surface area contributed by atoms with Gasteiger partial charge in [0, 0.05) is 31.0 Å². The standard InChI is InChI=1S/C23H28N2O4/c1-14-11-15(2)23(16(3)12-14)20(27)7-6-8-22(28)25-19-13-18(24-17(4)26)9-10-21(19)29-5/h9-13H,6-8H2,1-5H3,(H,24,26)(H,25,28). The Morgan fingerprint density at radius 2 is 1.59 bits per heavy atom. The zero-order valence-electron chi connectivity index (χ0n) is 17.6. The maximum atomic E-state index is 12.6. The fourth-order valence-electron chi connectivity index (χ4n) is 3.45. The van der Waals surface area contributed by atoms with Crippen molar-refractivity contribution in [3.63, 3.8) is 0 Å². The highest BCUT2D eigenvalue weighted by atomic mass is 16.5. The minimum Gasteiger partial charge on any atom is -0.495 e. The van der Waals surface area contributed by atoms with Gasteiger partial charge in [-0.1, -0.05) is 17.7 Å². The molecule has 0 atom stereocenters. The molecule has 2 aromatic carbocycles. The van der Waals surface area contributed by atoms with Crippen molar-refractivity contribution in [2.75, 3.05) is 17.7 Å². The zero-order chi connectivity index (χ0) is 21.6. The zero-order valence-corrected chi connectivity index (χ0v) is 17.6. The number of methoxy groups -OCH3 is 1. The van der Waals surface area contributed by atoms with E-state index in [1.807, 2.05) is 32.9 Å². The van der Waals surface area contributed by atoms with Crippen LogP contribution in [-0.2, 0) is 9.59 Å². The van der Waals surface area contributed by atoms with Crippen LogP contribution in [-0.4, -0.2) is 24.7 Å². The number of hydrogen-bond acceptors (Lipinski definition) is 4. The van der Waals surface area contributed by atoms with E-state index in [-0.39, 0.29) is 24.0 Å². The molecular formula is C23H28N2O4. The molecule has 0 spiro atoms. The Kier molecular flexibility index (Phi) is 7.53. The molecule has 0 radical (unpaired) electrons. The third kappa shape index (κ3) is 6.17. The average Bonchev–Trinajstić information content (AvgIpc) is 2.60. The summed E-state index contributed by atoms with van der Waals surface area (Å²) in [4.78, 5) is 36.2.